The molecule has 15 heteroatoms. The topological polar surface area (TPSA) is 150 Å². The summed E-state index contributed by atoms with van der Waals surface area (Å²) >= 11 is 0. The molecule has 0 aliphatic rings. The Morgan fingerprint density at radius 3 is 2.28 bits per heavy atom. The lowest BCUT2D eigenvalue weighted by Gasteiger charge is -2.20. The van der Waals surface area contributed by atoms with E-state index in [9.17, 15) is 26.2 Å². The number of methoxy groups -OCH3 is 1. The highest BCUT2D eigenvalue weighted by molar-refractivity contribution is 7.92. The van der Waals surface area contributed by atoms with Gasteiger partial charge in [0, 0.05) is 0 Å². The fraction of sp³-hybridized carbons (Fsp3) is 0.333. The Morgan fingerprint density at radius 2 is 1.72 bits per heavy atom. The van der Waals surface area contributed by atoms with Crippen LogP contribution in [0.2, 0.25) is 0 Å². The normalized spacial score (nSPS) is 12.6. The van der Waals surface area contributed by atoms with Gasteiger partial charge in [-0.15, -0.1) is 0 Å². The molecule has 0 spiro atoms. The first-order chi connectivity index (χ1) is 16.6. The summed E-state index contributed by atoms with van der Waals surface area (Å²) in [7, 11) is -5.61. The molecule has 0 saturated heterocycles. The molecule has 3 N–H and O–H groups in total. The lowest BCUT2D eigenvalue weighted by atomic mass is 10.1. The van der Waals surface area contributed by atoms with Crippen molar-refractivity contribution < 1.29 is 30.9 Å². The number of hydrogen-bond acceptors (Lipinski definition) is 10. The molecule has 0 fully saturated rings. The van der Waals surface area contributed by atoms with Gasteiger partial charge in [0.1, 0.15) is 29.7 Å². The maximum Gasteiger partial charge on any atom is 0.422 e. The molecule has 0 aliphatic carbocycles. The number of nitrogens with one attached hydrogen (secondary N) is 1. The maximum absolute atomic E-state index is 14.4. The number of nitrogens with zero attached hydrogens (tertiary/aromatic N) is 4. The van der Waals surface area contributed by atoms with Crippen LogP contribution in [0.3, 0.4) is 0 Å². The highest BCUT2D eigenvalue weighted by atomic mass is 32.2. The average Bonchev–Trinajstić information content (AvgIpc) is 2.76. The van der Waals surface area contributed by atoms with E-state index in [4.69, 9.17) is 10.5 Å². The van der Waals surface area contributed by atoms with Gasteiger partial charge in [0.25, 0.3) is 0 Å². The third-order valence-electron chi connectivity index (χ3n) is 4.97. The zero-order valence-corrected chi connectivity index (χ0v) is 21.7. The second-order valence-electron chi connectivity index (χ2n) is 8.30. The highest BCUT2D eigenvalue weighted by Crippen LogP contribution is 2.43. The molecule has 0 aliphatic heterocycles. The first-order valence-electron chi connectivity index (χ1n) is 10.4. The summed E-state index contributed by atoms with van der Waals surface area (Å²) in [6.07, 6.45) is -3.96. The summed E-state index contributed by atoms with van der Waals surface area (Å²) in [5.74, 6) is -1.69. The number of nitrogens with two attached hydrogens (primary N) is 1. The van der Waals surface area contributed by atoms with E-state index < -0.39 is 57.1 Å². The quantitative estimate of drug-likeness (QED) is 0.421. The van der Waals surface area contributed by atoms with Gasteiger partial charge in [0.05, 0.1) is 29.1 Å². The van der Waals surface area contributed by atoms with Crippen molar-refractivity contribution in [2.75, 3.05) is 31.5 Å². The number of anilines is 3. The first-order valence-corrected chi connectivity index (χ1v) is 14.5. The predicted molar refractivity (Wildman–Crippen MR) is 130 cm³/mol. The third kappa shape index (κ3) is 5.44. The van der Waals surface area contributed by atoms with E-state index >= 15 is 0 Å². The Morgan fingerprint density at radius 1 is 1.08 bits per heavy atom. The number of alkyl halides is 3. The number of rotatable bonds is 7. The van der Waals surface area contributed by atoms with Gasteiger partial charge in [0.2, 0.25) is 11.8 Å². The van der Waals surface area contributed by atoms with Crippen LogP contribution in [0.5, 0.6) is 5.88 Å². The van der Waals surface area contributed by atoms with E-state index in [2.05, 4.69) is 25.3 Å². The third-order valence-corrected chi connectivity index (χ3v) is 8.50. The zero-order valence-electron chi connectivity index (χ0n) is 20.0. The van der Waals surface area contributed by atoms with Crippen molar-refractivity contribution in [3.8, 4) is 17.3 Å². The smallest absolute Gasteiger partial charge is 0.422 e. The van der Waals surface area contributed by atoms with E-state index in [1.807, 2.05) is 0 Å². The van der Waals surface area contributed by atoms with E-state index in [0.29, 0.717) is 0 Å². The highest BCUT2D eigenvalue weighted by Gasteiger charge is 2.41. The predicted octanol–water partition coefficient (Wildman–Crippen LogP) is 3.72. The number of ether oxygens (including phenoxy) is 1. The first kappa shape index (κ1) is 27.3. The molecule has 0 saturated carbocycles. The van der Waals surface area contributed by atoms with Crippen molar-refractivity contribution in [3.05, 3.63) is 36.0 Å². The van der Waals surface area contributed by atoms with Crippen LogP contribution >= 0.6 is 7.14 Å². The summed E-state index contributed by atoms with van der Waals surface area (Å²) in [5.41, 5.74) is 3.12. The molecule has 0 amide bonds. The number of aromatic nitrogens is 4. The monoisotopic (exact) mass is 544 g/mol. The van der Waals surface area contributed by atoms with E-state index in [1.165, 1.54) is 51.4 Å². The zero-order chi connectivity index (χ0) is 27.1. The van der Waals surface area contributed by atoms with Crippen molar-refractivity contribution in [1.29, 1.82) is 0 Å². The molecule has 0 bridgehead atoms. The number of halogens is 3. The molecule has 3 rings (SSSR count). The van der Waals surface area contributed by atoms with Crippen molar-refractivity contribution in [2.24, 2.45) is 0 Å². The van der Waals surface area contributed by atoms with Crippen LogP contribution in [-0.4, -0.2) is 54.0 Å². The molecule has 3 aromatic rings. The Kier molecular flexibility index (Phi) is 7.34. The molecule has 36 heavy (non-hydrogen) atoms. The summed E-state index contributed by atoms with van der Waals surface area (Å²) in [5, 5.41) is 1.64. The Bertz CT molecular complexity index is 1460. The van der Waals surface area contributed by atoms with Gasteiger partial charge in [0.15, 0.2) is 15.5 Å². The van der Waals surface area contributed by atoms with Crippen molar-refractivity contribution in [1.82, 2.24) is 19.9 Å². The molecular formula is C21H24F3N6O4PS. The molecule has 2 aromatic heterocycles. The van der Waals surface area contributed by atoms with Crippen LogP contribution in [0.1, 0.15) is 19.4 Å². The van der Waals surface area contributed by atoms with Crippen LogP contribution in [0, 0.1) is 0 Å². The minimum absolute atomic E-state index is 0.0462. The van der Waals surface area contributed by atoms with Crippen LogP contribution in [-0.2, 0) is 20.6 Å². The summed E-state index contributed by atoms with van der Waals surface area (Å²) in [6, 6.07) is 5.49. The molecule has 194 valence electrons. The van der Waals surface area contributed by atoms with Crippen molar-refractivity contribution >= 4 is 39.9 Å². The Hall–Kier alpha value is -3.25. The molecule has 1 aromatic carbocycles. The van der Waals surface area contributed by atoms with Gasteiger partial charge < -0.3 is 20.4 Å². The lowest BCUT2D eigenvalue weighted by Crippen LogP contribution is -2.19. The van der Waals surface area contributed by atoms with Gasteiger partial charge in [-0.2, -0.15) is 18.2 Å². The molecular weight excluding hydrogens is 520 g/mol. The summed E-state index contributed by atoms with van der Waals surface area (Å²) in [6.45, 7) is 5.75. The fourth-order valence-corrected chi connectivity index (χ4v) is 5.00. The number of para-hydroxylation sites is 1. The molecule has 0 unspecified atom stereocenters. The van der Waals surface area contributed by atoms with Gasteiger partial charge in [-0.25, -0.2) is 23.4 Å². The molecule has 0 atom stereocenters. The summed E-state index contributed by atoms with van der Waals surface area (Å²) in [4.78, 5) is 15.3. The van der Waals surface area contributed by atoms with E-state index in [1.54, 1.807) is 0 Å². The second-order valence-corrected chi connectivity index (χ2v) is 13.9. The maximum atomic E-state index is 14.4. The van der Waals surface area contributed by atoms with Crippen molar-refractivity contribution in [2.45, 2.75) is 30.2 Å². The number of benzene rings is 1. The van der Waals surface area contributed by atoms with Gasteiger partial charge >= 0.3 is 6.18 Å². The minimum atomic E-state index is -5.03. The number of hydrogen-bond donors (Lipinski definition) is 2. The van der Waals surface area contributed by atoms with Crippen LogP contribution < -0.4 is 21.2 Å². The van der Waals surface area contributed by atoms with Crippen LogP contribution in [0.25, 0.3) is 11.4 Å². The average molecular weight is 544 g/mol. The van der Waals surface area contributed by atoms with Gasteiger partial charge in [-0.1, -0.05) is 12.1 Å². The molecule has 0 radical (unpaired) electrons. The second kappa shape index (κ2) is 9.66. The largest absolute Gasteiger partial charge is 0.479 e. The van der Waals surface area contributed by atoms with Crippen LogP contribution in [0.15, 0.2) is 35.4 Å². The molecule has 2 heterocycles. The van der Waals surface area contributed by atoms with Gasteiger partial charge in [-0.05, 0) is 39.3 Å². The van der Waals surface area contributed by atoms with Crippen LogP contribution in [0.4, 0.5) is 30.6 Å². The Labute approximate surface area is 205 Å². The van der Waals surface area contributed by atoms with E-state index in [0.717, 1.165) is 13.3 Å². The van der Waals surface area contributed by atoms with Gasteiger partial charge in [-0.3, -0.25) is 0 Å². The SMILES string of the molecule is COc1nc(P(C)(C)=O)cnc1-c1nc(N)nc(Nc2ccccc2S(=O)(=O)C(C)C)c1C(F)(F)F. The van der Waals surface area contributed by atoms with E-state index in [-0.39, 0.29) is 21.9 Å². The minimum Gasteiger partial charge on any atom is -0.479 e. The summed E-state index contributed by atoms with van der Waals surface area (Å²) < 4.78 is 86.3. The number of sulfone groups is 1. The lowest BCUT2D eigenvalue weighted by molar-refractivity contribution is -0.136. The standard InChI is InChI=1S/C21H24F3N6O4PS/c1-11(2)36(32,33)13-9-7-6-8-12(13)27-18-15(21(22,23)24)16(29-20(25)30-18)17-19(34-3)28-14(10-26-17)35(4,5)31/h6-11H,1-5H3,(H3,25,27,29,30). The van der Waals surface area contributed by atoms with Crippen molar-refractivity contribution in [3.63, 3.8) is 0 Å². The number of nitrogen functional groups attached to an aromatic ring is 1. The fourth-order valence-electron chi connectivity index (χ4n) is 3.14. The molecule has 10 nitrogen and oxygen atoms in total. The Balaban J connectivity index is 2.30.